The Kier molecular flexibility index (Phi) is 10.4. The molecule has 7 rings (SSSR count). The van der Waals surface area contributed by atoms with E-state index < -0.39 is 81.6 Å². The number of rotatable bonds is 6. The van der Waals surface area contributed by atoms with Gasteiger partial charge in [-0.05, 0) is 55.6 Å². The molecule has 5 aliphatic rings. The lowest BCUT2D eigenvalue weighted by Gasteiger charge is -2.42. The van der Waals surface area contributed by atoms with Crippen molar-refractivity contribution in [3.05, 3.63) is 53.1 Å². The molecule has 2 saturated carbocycles. The lowest BCUT2D eigenvalue weighted by molar-refractivity contribution is -0.192. The molecule has 0 radical (unpaired) electrons. The number of carboxylic acid groups (broad SMARTS) is 1. The summed E-state index contributed by atoms with van der Waals surface area (Å²) < 4.78 is 77.4. The Labute approximate surface area is 321 Å². The van der Waals surface area contributed by atoms with E-state index in [1.165, 1.54) is 25.2 Å². The van der Waals surface area contributed by atoms with Gasteiger partial charge in [0.25, 0.3) is 5.91 Å². The summed E-state index contributed by atoms with van der Waals surface area (Å²) in [7, 11) is -1.17. The van der Waals surface area contributed by atoms with Crippen LogP contribution in [0.15, 0.2) is 36.4 Å². The monoisotopic (exact) mass is 810 g/mol. The zero-order chi connectivity index (χ0) is 41.3. The number of phenols is 1. The van der Waals surface area contributed by atoms with Gasteiger partial charge in [0.15, 0.2) is 11.5 Å². The van der Waals surface area contributed by atoms with Crippen LogP contribution in [0.2, 0.25) is 0 Å². The molecular weight excluding hydrogens is 765 g/mol. The summed E-state index contributed by atoms with van der Waals surface area (Å²) in [5.74, 6) is -4.41. The number of piperidine rings is 1. The van der Waals surface area contributed by atoms with Crippen molar-refractivity contribution in [2.75, 3.05) is 20.0 Å². The molecule has 2 aromatic rings. The molecule has 2 aromatic carbocycles. The van der Waals surface area contributed by atoms with Gasteiger partial charge in [-0.1, -0.05) is 44.2 Å². The minimum absolute atomic E-state index is 0.109. The minimum Gasteiger partial charge on any atom is -0.504 e. The third kappa shape index (κ3) is 6.45. The molecule has 3 aliphatic heterocycles. The van der Waals surface area contributed by atoms with Gasteiger partial charge in [-0.25, -0.2) is 22.3 Å². The predicted octanol–water partition coefficient (Wildman–Crippen LogP) is 3.61. The quantitative estimate of drug-likeness (QED) is 0.329. The average molecular weight is 811 g/mol. The van der Waals surface area contributed by atoms with Gasteiger partial charge < -0.3 is 35.5 Å². The first-order valence-electron chi connectivity index (χ1n) is 18.0. The number of hydrogen-bond donors (Lipinski definition) is 4. The number of aromatic hydroxyl groups is 1. The first-order valence-corrected chi connectivity index (χ1v) is 19.6. The van der Waals surface area contributed by atoms with E-state index in [0.717, 1.165) is 10.7 Å². The SMILES string of the molecule is COc1c(O)cc([C@H]2NC(=O)[C@H]3C[C@@H](C(=O)N4[C@@H]5C[C@H]6CC[C@]5(CS4(=O)=O)C6(C)C)N(C(=O)OCc4ccccc4)[C@H]3[C@H]2N)c(OC)c1C.O=C(O)C(F)(F)F. The van der Waals surface area contributed by atoms with Crippen molar-refractivity contribution in [2.24, 2.45) is 28.4 Å². The Morgan fingerprint density at radius 1 is 1.07 bits per heavy atom. The summed E-state index contributed by atoms with van der Waals surface area (Å²) in [6.07, 6.45) is -3.90. The molecule has 19 heteroatoms. The van der Waals surface area contributed by atoms with Crippen LogP contribution in [0.25, 0.3) is 0 Å². The summed E-state index contributed by atoms with van der Waals surface area (Å²) in [6.45, 7) is 5.78. The molecule has 5 fully saturated rings. The highest BCUT2D eigenvalue weighted by atomic mass is 32.2. The molecule has 1 spiro atoms. The molecule has 3 amide bonds. The van der Waals surface area contributed by atoms with Crippen molar-refractivity contribution in [1.82, 2.24) is 14.5 Å². The normalized spacial score (nSPS) is 30.7. The number of hydrogen-bond acceptors (Lipinski definition) is 11. The zero-order valence-corrected chi connectivity index (χ0v) is 32.1. The smallest absolute Gasteiger partial charge is 0.490 e. The van der Waals surface area contributed by atoms with Gasteiger partial charge in [0, 0.05) is 16.5 Å². The number of aliphatic carboxylic acids is 1. The van der Waals surface area contributed by atoms with Gasteiger partial charge in [0.1, 0.15) is 18.4 Å². The lowest BCUT2D eigenvalue weighted by Crippen LogP contribution is -2.63. The van der Waals surface area contributed by atoms with E-state index in [-0.39, 0.29) is 41.6 Å². The second-order valence-corrected chi connectivity index (χ2v) is 17.4. The molecule has 3 saturated heterocycles. The van der Waals surface area contributed by atoms with Crippen LogP contribution in [-0.4, -0.2) is 102 Å². The number of alkyl halides is 3. The maximum atomic E-state index is 14.7. The fourth-order valence-electron chi connectivity index (χ4n) is 9.99. The maximum absolute atomic E-state index is 14.7. The van der Waals surface area contributed by atoms with Crippen LogP contribution in [-0.2, 0) is 35.8 Å². The number of amides is 3. The standard InChI is InChI=1S/C35H44N4O9S.C2HF3O2/c1-18-29(46-4)21(15-24(40)30(18)47-5)27-26(36)28-22(31(41)37-27)14-23(38(28)33(43)48-16-19-9-7-6-8-10-19)32(42)39-25-13-20-11-12-35(25,34(20,2)3)17-49(39,44)45;3-2(4,5)1(6)7/h6-10,15,20,22-23,25-28,40H,11-14,16-17,36H2,1-5H3,(H,37,41);(H,6,7)/t20-,22+,23+,25-,26+,27-,28-,35-;/m1./s1. The molecule has 3 heterocycles. The number of ether oxygens (including phenoxy) is 3. The molecule has 5 N–H and O–H groups in total. The van der Waals surface area contributed by atoms with E-state index in [1.807, 2.05) is 6.07 Å². The fraction of sp³-hybridized carbons (Fsp3) is 0.568. The highest BCUT2D eigenvalue weighted by Gasteiger charge is 2.73. The fourth-order valence-corrected chi connectivity index (χ4v) is 12.6. The number of carbonyl (C=O) groups excluding carboxylic acids is 3. The number of likely N-dealkylation sites (tertiary alicyclic amines) is 1. The van der Waals surface area contributed by atoms with Crippen molar-refractivity contribution in [2.45, 2.75) is 89.4 Å². The van der Waals surface area contributed by atoms with Gasteiger partial charge in [-0.2, -0.15) is 13.2 Å². The number of methoxy groups -OCH3 is 2. The topological polar surface area (TPSA) is 215 Å². The van der Waals surface area contributed by atoms with Crippen molar-refractivity contribution in [1.29, 1.82) is 0 Å². The first kappa shape index (κ1) is 40.9. The number of nitrogens with zero attached hydrogens (tertiary/aromatic N) is 2. The third-order valence-electron chi connectivity index (χ3n) is 12.7. The highest BCUT2D eigenvalue weighted by Crippen LogP contribution is 2.70. The second kappa shape index (κ2) is 14.3. The van der Waals surface area contributed by atoms with Gasteiger partial charge in [-0.3, -0.25) is 14.5 Å². The van der Waals surface area contributed by atoms with Crippen molar-refractivity contribution < 1.29 is 65.2 Å². The van der Waals surface area contributed by atoms with Crippen LogP contribution in [0.4, 0.5) is 18.0 Å². The van der Waals surface area contributed by atoms with Crippen molar-refractivity contribution in [3.63, 3.8) is 0 Å². The van der Waals surface area contributed by atoms with E-state index in [0.29, 0.717) is 35.3 Å². The van der Waals surface area contributed by atoms with Crippen LogP contribution in [0.5, 0.6) is 17.2 Å². The number of carbonyl (C=O) groups is 4. The van der Waals surface area contributed by atoms with Crippen LogP contribution >= 0.6 is 0 Å². The molecule has 2 bridgehead atoms. The number of nitrogens with two attached hydrogens (primary N) is 1. The second-order valence-electron chi connectivity index (χ2n) is 15.6. The van der Waals surface area contributed by atoms with Crippen LogP contribution in [0, 0.1) is 29.6 Å². The van der Waals surface area contributed by atoms with Gasteiger partial charge in [-0.15, -0.1) is 0 Å². The van der Waals surface area contributed by atoms with Gasteiger partial charge in [0.05, 0.1) is 50.1 Å². The molecular formula is C37H45F3N4O11S. The van der Waals surface area contributed by atoms with E-state index in [4.69, 9.17) is 29.8 Å². The summed E-state index contributed by atoms with van der Waals surface area (Å²) in [4.78, 5) is 52.9. The molecule has 0 unspecified atom stereocenters. The van der Waals surface area contributed by atoms with Crippen LogP contribution in [0.3, 0.4) is 0 Å². The molecule has 8 atom stereocenters. The van der Waals surface area contributed by atoms with Crippen LogP contribution in [0.1, 0.15) is 62.3 Å². The number of halogens is 3. The lowest BCUT2D eigenvalue weighted by atomic mass is 9.69. The number of sulfonamides is 1. The molecule has 15 nitrogen and oxygen atoms in total. The predicted molar refractivity (Wildman–Crippen MR) is 191 cm³/mol. The third-order valence-corrected chi connectivity index (χ3v) is 14.7. The number of nitrogens with one attached hydrogen (secondary N) is 1. The summed E-state index contributed by atoms with van der Waals surface area (Å²) in [5.41, 5.74) is 7.66. The summed E-state index contributed by atoms with van der Waals surface area (Å²) in [5, 5.41) is 20.9. The minimum atomic E-state index is -5.08. The Morgan fingerprint density at radius 2 is 1.70 bits per heavy atom. The molecule has 0 aromatic heterocycles. The number of carboxylic acids is 1. The Bertz CT molecular complexity index is 2030. The zero-order valence-electron chi connectivity index (χ0n) is 31.3. The van der Waals surface area contributed by atoms with Gasteiger partial charge >= 0.3 is 18.2 Å². The Morgan fingerprint density at radius 3 is 2.27 bits per heavy atom. The first-order chi connectivity index (χ1) is 26.1. The van der Waals surface area contributed by atoms with E-state index in [9.17, 15) is 41.1 Å². The Balaban J connectivity index is 0.000000695. The Hall–Kier alpha value is -4.78. The largest absolute Gasteiger partial charge is 0.504 e. The van der Waals surface area contributed by atoms with E-state index >= 15 is 0 Å². The van der Waals surface area contributed by atoms with Crippen molar-refractivity contribution >= 4 is 33.9 Å². The van der Waals surface area contributed by atoms with Crippen molar-refractivity contribution in [3.8, 4) is 17.2 Å². The molecule has 56 heavy (non-hydrogen) atoms. The molecule has 306 valence electrons. The number of phenolic OH excluding ortho intramolecular Hbond substituents is 1. The van der Waals surface area contributed by atoms with E-state index in [2.05, 4.69) is 19.2 Å². The molecule has 2 aliphatic carbocycles. The summed E-state index contributed by atoms with van der Waals surface area (Å²) >= 11 is 0. The number of fused-ring (bicyclic) bond motifs is 2. The van der Waals surface area contributed by atoms with E-state index in [1.54, 1.807) is 31.2 Å². The van der Waals surface area contributed by atoms with Gasteiger partial charge in [0.2, 0.25) is 15.9 Å². The maximum Gasteiger partial charge on any atom is 0.490 e. The highest BCUT2D eigenvalue weighted by molar-refractivity contribution is 7.90. The van der Waals surface area contributed by atoms with Crippen LogP contribution < -0.4 is 20.5 Å². The number of benzene rings is 2. The summed E-state index contributed by atoms with van der Waals surface area (Å²) in [6, 6.07) is 5.58. The average Bonchev–Trinajstić information content (AvgIpc) is 3.78.